The highest BCUT2D eigenvalue weighted by atomic mass is 35.5. The molecule has 0 saturated carbocycles. The zero-order valence-electron chi connectivity index (χ0n) is 5.80. The summed E-state index contributed by atoms with van der Waals surface area (Å²) in [7, 11) is 0. The van der Waals surface area contributed by atoms with Gasteiger partial charge in [-0.1, -0.05) is 17.7 Å². The molecule has 0 radical (unpaired) electrons. The smallest absolute Gasteiger partial charge is 0.139 e. The fourth-order valence-corrected chi connectivity index (χ4v) is 0.820. The van der Waals surface area contributed by atoms with Crippen molar-refractivity contribution in [1.82, 2.24) is 4.98 Å². The van der Waals surface area contributed by atoms with Crippen LogP contribution in [0.25, 0.3) is 0 Å². The highest BCUT2D eigenvalue weighted by Gasteiger charge is 2.06. The summed E-state index contributed by atoms with van der Waals surface area (Å²) in [5.41, 5.74) is 5.58. The predicted octanol–water partition coefficient (Wildman–Crippen LogP) is 1.70. The summed E-state index contributed by atoms with van der Waals surface area (Å²) in [6.07, 6.45) is 0.250. The molecule has 11 heavy (non-hydrogen) atoms. The summed E-state index contributed by atoms with van der Waals surface area (Å²) < 4.78 is 12.8. The molecule has 1 aromatic rings. The molecule has 0 saturated heterocycles. The van der Waals surface area contributed by atoms with Gasteiger partial charge in [0.1, 0.15) is 11.3 Å². The highest BCUT2D eigenvalue weighted by molar-refractivity contribution is 6.29. The average molecular weight is 175 g/mol. The molecule has 0 amide bonds. The van der Waals surface area contributed by atoms with Gasteiger partial charge in [-0.3, -0.25) is 0 Å². The van der Waals surface area contributed by atoms with Crippen LogP contribution in [0.15, 0.2) is 18.3 Å². The largest absolute Gasteiger partial charge is 0.327 e. The summed E-state index contributed by atoms with van der Waals surface area (Å²) in [6.45, 7) is -0.0245. The molecule has 0 aromatic carbocycles. The van der Waals surface area contributed by atoms with Gasteiger partial charge in [0.15, 0.2) is 0 Å². The Morgan fingerprint density at radius 1 is 1.64 bits per heavy atom. The van der Waals surface area contributed by atoms with Gasteiger partial charge in [0.2, 0.25) is 0 Å². The fourth-order valence-electron chi connectivity index (χ4n) is 0.709. The summed E-state index contributed by atoms with van der Waals surface area (Å²) in [6, 6.07) is 3.12. The van der Waals surface area contributed by atoms with Crippen molar-refractivity contribution in [3.8, 4) is 0 Å². The van der Waals surface area contributed by atoms with E-state index in [-0.39, 0.29) is 6.54 Å². The van der Waals surface area contributed by atoms with Crippen molar-refractivity contribution in [3.63, 3.8) is 0 Å². The third kappa shape index (κ3) is 2.13. The van der Waals surface area contributed by atoms with Crippen LogP contribution in [0.4, 0.5) is 4.39 Å². The number of halogens is 2. The lowest BCUT2D eigenvalue weighted by Gasteiger charge is -2.03. The number of alkyl halides is 1. The lowest BCUT2D eigenvalue weighted by atomic mass is 10.2. The Kier molecular flexibility index (Phi) is 2.79. The topological polar surface area (TPSA) is 38.9 Å². The second-order valence-electron chi connectivity index (χ2n) is 2.12. The summed E-state index contributed by atoms with van der Waals surface area (Å²) in [5, 5.41) is 0.359. The maximum absolute atomic E-state index is 12.8. The lowest BCUT2D eigenvalue weighted by Crippen LogP contribution is -2.07. The molecule has 1 unspecified atom stereocenters. The molecule has 1 rings (SSSR count). The van der Waals surface area contributed by atoms with Gasteiger partial charge in [-0.15, -0.1) is 0 Å². The summed E-state index contributed by atoms with van der Waals surface area (Å²) in [5.74, 6) is 0. The molecule has 0 bridgehead atoms. The Bertz CT molecular complexity index is 224. The molecule has 2 nitrogen and oxygen atoms in total. The Morgan fingerprint density at radius 2 is 2.36 bits per heavy atom. The summed E-state index contributed by atoms with van der Waals surface area (Å²) >= 11 is 5.49. The fraction of sp³-hybridized carbons (Fsp3) is 0.286. The van der Waals surface area contributed by atoms with E-state index in [1.54, 1.807) is 12.1 Å². The van der Waals surface area contributed by atoms with E-state index in [9.17, 15) is 4.39 Å². The van der Waals surface area contributed by atoms with Crippen LogP contribution in [-0.2, 0) is 0 Å². The average Bonchev–Trinajstić information content (AvgIpc) is 2.05. The van der Waals surface area contributed by atoms with E-state index in [1.807, 2.05) is 0 Å². The van der Waals surface area contributed by atoms with E-state index in [0.29, 0.717) is 10.7 Å². The van der Waals surface area contributed by atoms with Crippen LogP contribution in [0.2, 0.25) is 5.15 Å². The second kappa shape index (κ2) is 3.64. The lowest BCUT2D eigenvalue weighted by molar-refractivity contribution is 0.352. The predicted molar refractivity (Wildman–Crippen MR) is 42.2 cm³/mol. The molecule has 0 aliphatic carbocycles. The molecule has 0 fully saturated rings. The minimum atomic E-state index is -1.14. The minimum absolute atomic E-state index is 0.0245. The van der Waals surface area contributed by atoms with Crippen molar-refractivity contribution < 1.29 is 4.39 Å². The molecule has 0 aliphatic rings. The van der Waals surface area contributed by atoms with E-state index in [1.165, 1.54) is 6.20 Å². The number of nitrogens with zero attached hydrogens (tertiary/aromatic N) is 1. The van der Waals surface area contributed by atoms with Crippen molar-refractivity contribution in [1.29, 1.82) is 0 Å². The number of hydrogen-bond donors (Lipinski definition) is 1. The molecule has 1 atom stereocenters. The molecular weight excluding hydrogens is 167 g/mol. The number of pyridine rings is 1. The quantitative estimate of drug-likeness (QED) is 0.694. The molecular formula is C7H8ClFN2. The zero-order chi connectivity index (χ0) is 8.27. The normalized spacial score (nSPS) is 13.0. The van der Waals surface area contributed by atoms with Crippen LogP contribution in [0.3, 0.4) is 0 Å². The first-order chi connectivity index (χ1) is 5.24. The number of aromatic nitrogens is 1. The molecule has 1 heterocycles. The molecule has 0 spiro atoms. The van der Waals surface area contributed by atoms with Gasteiger partial charge in [-0.05, 0) is 6.07 Å². The van der Waals surface area contributed by atoms with Crippen molar-refractivity contribution >= 4 is 11.6 Å². The van der Waals surface area contributed by atoms with Crippen molar-refractivity contribution in [2.75, 3.05) is 6.54 Å². The molecule has 4 heteroatoms. The zero-order valence-corrected chi connectivity index (χ0v) is 6.55. The van der Waals surface area contributed by atoms with E-state index < -0.39 is 6.17 Å². The molecule has 0 aliphatic heterocycles. The Labute approximate surface area is 69.2 Å². The van der Waals surface area contributed by atoms with Gasteiger partial charge in [0.05, 0.1) is 0 Å². The van der Waals surface area contributed by atoms with Crippen LogP contribution in [0.1, 0.15) is 11.7 Å². The van der Waals surface area contributed by atoms with Crippen LogP contribution in [-0.4, -0.2) is 11.5 Å². The standard InChI is InChI=1S/C7H8ClFN2/c8-7-2-1-5(4-11-7)6(9)3-10/h1-2,4,6H,3,10H2. The highest BCUT2D eigenvalue weighted by Crippen LogP contribution is 2.15. The third-order valence-corrected chi connectivity index (χ3v) is 1.54. The first kappa shape index (κ1) is 8.43. The Hall–Kier alpha value is -0.670. The van der Waals surface area contributed by atoms with Gasteiger partial charge < -0.3 is 5.73 Å². The summed E-state index contributed by atoms with van der Waals surface area (Å²) in [4.78, 5) is 3.72. The van der Waals surface area contributed by atoms with Crippen molar-refractivity contribution in [3.05, 3.63) is 29.0 Å². The number of hydrogen-bond acceptors (Lipinski definition) is 2. The van der Waals surface area contributed by atoms with Crippen molar-refractivity contribution in [2.24, 2.45) is 5.73 Å². The van der Waals surface area contributed by atoms with Gasteiger partial charge in [0.25, 0.3) is 0 Å². The van der Waals surface area contributed by atoms with Gasteiger partial charge in [-0.2, -0.15) is 0 Å². The van der Waals surface area contributed by atoms with Crippen LogP contribution in [0, 0.1) is 0 Å². The van der Waals surface area contributed by atoms with Gasteiger partial charge in [-0.25, -0.2) is 9.37 Å². The van der Waals surface area contributed by atoms with E-state index >= 15 is 0 Å². The monoisotopic (exact) mass is 174 g/mol. The Balaban J connectivity index is 2.81. The van der Waals surface area contributed by atoms with Gasteiger partial charge in [0, 0.05) is 18.3 Å². The number of nitrogens with two attached hydrogens (primary N) is 1. The molecule has 1 aromatic heterocycles. The molecule has 60 valence electrons. The van der Waals surface area contributed by atoms with Crippen LogP contribution < -0.4 is 5.73 Å². The Morgan fingerprint density at radius 3 is 2.82 bits per heavy atom. The first-order valence-electron chi connectivity index (χ1n) is 3.19. The van der Waals surface area contributed by atoms with Gasteiger partial charge >= 0.3 is 0 Å². The van der Waals surface area contributed by atoms with E-state index in [2.05, 4.69) is 4.98 Å². The second-order valence-corrected chi connectivity index (χ2v) is 2.50. The first-order valence-corrected chi connectivity index (χ1v) is 3.57. The van der Waals surface area contributed by atoms with Crippen molar-refractivity contribution in [2.45, 2.75) is 6.17 Å². The van der Waals surface area contributed by atoms with E-state index in [0.717, 1.165) is 0 Å². The number of rotatable bonds is 2. The third-order valence-electron chi connectivity index (χ3n) is 1.32. The van der Waals surface area contributed by atoms with Crippen LogP contribution in [0.5, 0.6) is 0 Å². The SMILES string of the molecule is NCC(F)c1ccc(Cl)nc1. The molecule has 2 N–H and O–H groups in total. The minimum Gasteiger partial charge on any atom is -0.327 e. The maximum atomic E-state index is 12.8. The maximum Gasteiger partial charge on any atom is 0.139 e. The van der Waals surface area contributed by atoms with E-state index in [4.69, 9.17) is 17.3 Å². The van der Waals surface area contributed by atoms with Crippen LogP contribution >= 0.6 is 11.6 Å².